The van der Waals surface area contributed by atoms with E-state index in [1.807, 2.05) is 24.3 Å². The largest absolute Gasteiger partial charge is 0.312 e. The highest BCUT2D eigenvalue weighted by Crippen LogP contribution is 2.28. The zero-order chi connectivity index (χ0) is 15.3. The molecule has 3 nitrogen and oxygen atoms in total. The van der Waals surface area contributed by atoms with E-state index < -0.39 is 9.84 Å². The number of hydrogen-bond acceptors (Lipinski definition) is 3. The number of benzene rings is 1. The Balaban J connectivity index is 1.78. The molecule has 1 saturated carbocycles. The Bertz CT molecular complexity index is 536. The average Bonchev–Trinajstić information content (AvgIpc) is 2.41. The first kappa shape index (κ1) is 16.5. The molecule has 0 amide bonds. The molecule has 1 aliphatic rings. The monoisotopic (exact) mass is 309 g/mol. The summed E-state index contributed by atoms with van der Waals surface area (Å²) in [4.78, 5) is 0. The molecule has 1 aromatic carbocycles. The minimum Gasteiger partial charge on any atom is -0.312 e. The maximum Gasteiger partial charge on any atom is 0.151 e. The minimum atomic E-state index is -2.94. The highest BCUT2D eigenvalue weighted by molar-refractivity contribution is 7.89. The molecular formula is C17H27NO2S. The van der Waals surface area contributed by atoms with Crippen molar-refractivity contribution in [1.82, 2.24) is 5.32 Å². The molecule has 4 heteroatoms. The van der Waals surface area contributed by atoms with Crippen molar-refractivity contribution >= 4 is 9.84 Å². The molecule has 0 aromatic heterocycles. The molecule has 0 bridgehead atoms. The highest BCUT2D eigenvalue weighted by Gasteiger charge is 2.20. The van der Waals surface area contributed by atoms with Crippen molar-refractivity contribution in [3.8, 4) is 0 Å². The molecular weight excluding hydrogens is 282 g/mol. The molecule has 0 aliphatic heterocycles. The Morgan fingerprint density at radius 3 is 2.33 bits per heavy atom. The van der Waals surface area contributed by atoms with Gasteiger partial charge in [0, 0.05) is 12.8 Å². The van der Waals surface area contributed by atoms with Crippen molar-refractivity contribution < 1.29 is 8.42 Å². The van der Waals surface area contributed by atoms with Crippen LogP contribution in [0.5, 0.6) is 0 Å². The van der Waals surface area contributed by atoms with Crippen LogP contribution in [0, 0.1) is 11.8 Å². The summed E-state index contributed by atoms with van der Waals surface area (Å²) in [5.74, 6) is 1.77. The van der Waals surface area contributed by atoms with Crippen LogP contribution in [0.1, 0.15) is 43.7 Å². The second kappa shape index (κ2) is 7.41. The predicted molar refractivity (Wildman–Crippen MR) is 87.8 cm³/mol. The van der Waals surface area contributed by atoms with Crippen LogP contribution in [0.3, 0.4) is 0 Å². The first-order valence-corrected chi connectivity index (χ1v) is 9.96. The average molecular weight is 309 g/mol. The summed E-state index contributed by atoms with van der Waals surface area (Å²) in [6, 6.07) is 7.89. The van der Waals surface area contributed by atoms with Gasteiger partial charge < -0.3 is 5.32 Å². The van der Waals surface area contributed by atoms with E-state index >= 15 is 0 Å². The molecule has 2 atom stereocenters. The second-order valence-corrected chi connectivity index (χ2v) is 8.68. The number of nitrogens with one attached hydrogen (secondary N) is 1. The fraction of sp³-hybridized carbons (Fsp3) is 0.647. The second-order valence-electron chi connectivity index (χ2n) is 6.54. The van der Waals surface area contributed by atoms with Crippen LogP contribution in [0.25, 0.3) is 0 Å². The smallest absolute Gasteiger partial charge is 0.151 e. The Labute approximate surface area is 129 Å². The molecule has 2 rings (SSSR count). The fourth-order valence-corrected chi connectivity index (χ4v) is 3.95. The van der Waals surface area contributed by atoms with Crippen molar-refractivity contribution in [1.29, 1.82) is 0 Å². The van der Waals surface area contributed by atoms with Gasteiger partial charge in [-0.05, 0) is 35.9 Å². The van der Waals surface area contributed by atoms with E-state index in [4.69, 9.17) is 0 Å². The van der Waals surface area contributed by atoms with E-state index in [1.54, 1.807) is 0 Å². The Morgan fingerprint density at radius 1 is 1.10 bits per heavy atom. The lowest BCUT2D eigenvalue weighted by atomic mass is 9.80. The summed E-state index contributed by atoms with van der Waals surface area (Å²) in [5.41, 5.74) is 2.08. The standard InChI is InChI=1S/C17H27NO2S/c1-14-5-3-4-6-17(14)12-18-11-15-7-9-16(10-8-15)13-21(2,19)20/h7-10,14,17-18H,3-6,11-13H2,1-2H3/t14-,17+/m0/s1. The number of sulfone groups is 1. The van der Waals surface area contributed by atoms with Crippen LogP contribution in [-0.4, -0.2) is 21.2 Å². The first-order valence-electron chi connectivity index (χ1n) is 7.90. The van der Waals surface area contributed by atoms with Gasteiger partial charge in [-0.3, -0.25) is 0 Å². The quantitative estimate of drug-likeness (QED) is 0.878. The molecule has 21 heavy (non-hydrogen) atoms. The van der Waals surface area contributed by atoms with Crippen molar-refractivity contribution in [3.63, 3.8) is 0 Å². The number of hydrogen-bond donors (Lipinski definition) is 1. The van der Waals surface area contributed by atoms with Gasteiger partial charge in [0.05, 0.1) is 5.75 Å². The molecule has 1 fully saturated rings. The molecule has 0 saturated heterocycles. The van der Waals surface area contributed by atoms with E-state index in [-0.39, 0.29) is 5.75 Å². The SMILES string of the molecule is C[C@H]1CCCC[C@@H]1CNCc1ccc(CS(C)(=O)=O)cc1. The molecule has 0 heterocycles. The summed E-state index contributed by atoms with van der Waals surface area (Å²) in [6.07, 6.45) is 6.75. The van der Waals surface area contributed by atoms with Crippen LogP contribution < -0.4 is 5.32 Å². The lowest BCUT2D eigenvalue weighted by molar-refractivity contribution is 0.247. The van der Waals surface area contributed by atoms with Crippen LogP contribution in [-0.2, 0) is 22.1 Å². The fourth-order valence-electron chi connectivity index (χ4n) is 3.15. The van der Waals surface area contributed by atoms with Gasteiger partial charge in [0.15, 0.2) is 9.84 Å². The molecule has 0 unspecified atom stereocenters. The van der Waals surface area contributed by atoms with Gasteiger partial charge in [-0.25, -0.2) is 8.42 Å². The van der Waals surface area contributed by atoms with Gasteiger partial charge in [0.2, 0.25) is 0 Å². The van der Waals surface area contributed by atoms with E-state index in [1.165, 1.54) is 37.5 Å². The third-order valence-corrected chi connectivity index (χ3v) is 5.33. The van der Waals surface area contributed by atoms with Crippen LogP contribution in [0.15, 0.2) is 24.3 Å². The topological polar surface area (TPSA) is 46.2 Å². The van der Waals surface area contributed by atoms with Crippen molar-refractivity contribution in [2.75, 3.05) is 12.8 Å². The lowest BCUT2D eigenvalue weighted by Crippen LogP contribution is -2.29. The maximum atomic E-state index is 11.3. The van der Waals surface area contributed by atoms with Crippen molar-refractivity contribution in [2.24, 2.45) is 11.8 Å². The highest BCUT2D eigenvalue weighted by atomic mass is 32.2. The van der Waals surface area contributed by atoms with Gasteiger partial charge >= 0.3 is 0 Å². The lowest BCUT2D eigenvalue weighted by Gasteiger charge is -2.28. The minimum absolute atomic E-state index is 0.125. The van der Waals surface area contributed by atoms with Gasteiger partial charge in [0.25, 0.3) is 0 Å². The van der Waals surface area contributed by atoms with E-state index in [0.717, 1.165) is 30.5 Å². The van der Waals surface area contributed by atoms with Gasteiger partial charge in [-0.2, -0.15) is 0 Å². The molecule has 0 spiro atoms. The van der Waals surface area contributed by atoms with Gasteiger partial charge in [0.1, 0.15) is 0 Å². The Kier molecular flexibility index (Phi) is 5.82. The molecule has 0 radical (unpaired) electrons. The summed E-state index contributed by atoms with van der Waals surface area (Å²) >= 11 is 0. The Hall–Kier alpha value is -0.870. The van der Waals surface area contributed by atoms with Crippen molar-refractivity contribution in [3.05, 3.63) is 35.4 Å². The van der Waals surface area contributed by atoms with E-state index in [2.05, 4.69) is 12.2 Å². The molecule has 1 N–H and O–H groups in total. The van der Waals surface area contributed by atoms with E-state index in [0.29, 0.717) is 0 Å². The zero-order valence-corrected chi connectivity index (χ0v) is 14.0. The molecule has 1 aromatic rings. The van der Waals surface area contributed by atoms with Crippen LogP contribution >= 0.6 is 0 Å². The number of rotatable bonds is 6. The van der Waals surface area contributed by atoms with Gasteiger partial charge in [-0.1, -0.05) is 50.5 Å². The summed E-state index contributed by atoms with van der Waals surface area (Å²) < 4.78 is 22.5. The molecule has 118 valence electrons. The zero-order valence-electron chi connectivity index (χ0n) is 13.1. The van der Waals surface area contributed by atoms with E-state index in [9.17, 15) is 8.42 Å². The Morgan fingerprint density at radius 2 is 1.71 bits per heavy atom. The summed E-state index contributed by atoms with van der Waals surface area (Å²) in [7, 11) is -2.94. The third kappa shape index (κ3) is 5.79. The third-order valence-electron chi connectivity index (χ3n) is 4.48. The normalized spacial score (nSPS) is 23.1. The summed E-state index contributed by atoms with van der Waals surface area (Å²) in [6.45, 7) is 4.32. The predicted octanol–water partition coefficient (Wildman–Crippen LogP) is 3.15. The van der Waals surface area contributed by atoms with Crippen LogP contribution in [0.4, 0.5) is 0 Å². The summed E-state index contributed by atoms with van der Waals surface area (Å²) in [5, 5.41) is 3.55. The first-order chi connectivity index (χ1) is 9.94. The molecule has 1 aliphatic carbocycles. The maximum absolute atomic E-state index is 11.3. The van der Waals surface area contributed by atoms with Gasteiger partial charge in [-0.15, -0.1) is 0 Å². The van der Waals surface area contributed by atoms with Crippen LogP contribution in [0.2, 0.25) is 0 Å². The van der Waals surface area contributed by atoms with Crippen molar-refractivity contribution in [2.45, 2.75) is 44.9 Å².